The van der Waals surface area contributed by atoms with Gasteiger partial charge < -0.3 is 9.64 Å². The van der Waals surface area contributed by atoms with E-state index < -0.39 is 0 Å². The van der Waals surface area contributed by atoms with Crippen molar-refractivity contribution in [2.45, 2.75) is 59.8 Å². The summed E-state index contributed by atoms with van der Waals surface area (Å²) < 4.78 is 5.24. The molecule has 0 spiro atoms. The number of carbonyl (C=O) groups is 1. The molecule has 0 unspecified atom stereocenters. The maximum absolute atomic E-state index is 11.7. The third kappa shape index (κ3) is 8.15. The van der Waals surface area contributed by atoms with Crippen LogP contribution in [0.25, 0.3) is 0 Å². The van der Waals surface area contributed by atoms with Crippen molar-refractivity contribution in [3.8, 4) is 0 Å². The Bertz CT molecular complexity index is 245. The summed E-state index contributed by atoms with van der Waals surface area (Å²) in [5, 5.41) is 0. The SMILES string of the molecule is CCCCCCCOC(=O)/C(C)=C/N(CC)CC. The van der Waals surface area contributed by atoms with Crippen LogP contribution in [0.15, 0.2) is 11.8 Å². The molecule has 3 nitrogen and oxygen atoms in total. The Morgan fingerprint density at radius 2 is 1.67 bits per heavy atom. The molecular weight excluding hydrogens is 226 g/mol. The van der Waals surface area contributed by atoms with Crippen LogP contribution in [-0.2, 0) is 9.53 Å². The fraction of sp³-hybridized carbons (Fsp3) is 0.800. The van der Waals surface area contributed by atoms with Gasteiger partial charge in [-0.3, -0.25) is 0 Å². The van der Waals surface area contributed by atoms with Gasteiger partial charge in [-0.05, 0) is 27.2 Å². The molecule has 0 aromatic heterocycles. The molecular formula is C15H29NO2. The van der Waals surface area contributed by atoms with E-state index in [1.807, 2.05) is 13.1 Å². The monoisotopic (exact) mass is 255 g/mol. The number of carbonyl (C=O) groups excluding carboxylic acids is 1. The minimum atomic E-state index is -0.183. The largest absolute Gasteiger partial charge is 0.462 e. The number of hydrogen-bond donors (Lipinski definition) is 0. The first-order valence-electron chi connectivity index (χ1n) is 7.25. The Hall–Kier alpha value is -0.990. The first kappa shape index (κ1) is 17.0. The van der Waals surface area contributed by atoms with Crippen LogP contribution >= 0.6 is 0 Å². The Balaban J connectivity index is 3.80. The van der Waals surface area contributed by atoms with Crippen LogP contribution in [0.4, 0.5) is 0 Å². The second-order valence-corrected chi connectivity index (χ2v) is 4.58. The lowest BCUT2D eigenvalue weighted by molar-refractivity contribution is -0.139. The van der Waals surface area contributed by atoms with Crippen molar-refractivity contribution in [3.63, 3.8) is 0 Å². The lowest BCUT2D eigenvalue weighted by Crippen LogP contribution is -2.18. The molecule has 0 radical (unpaired) electrons. The van der Waals surface area contributed by atoms with Crippen LogP contribution in [0.3, 0.4) is 0 Å². The van der Waals surface area contributed by atoms with E-state index in [-0.39, 0.29) is 5.97 Å². The zero-order valence-corrected chi connectivity index (χ0v) is 12.5. The number of esters is 1. The van der Waals surface area contributed by atoms with Gasteiger partial charge in [-0.2, -0.15) is 0 Å². The van der Waals surface area contributed by atoms with Crippen LogP contribution in [0.5, 0.6) is 0 Å². The summed E-state index contributed by atoms with van der Waals surface area (Å²) in [4.78, 5) is 13.8. The smallest absolute Gasteiger partial charge is 0.335 e. The normalized spacial score (nSPS) is 11.4. The summed E-state index contributed by atoms with van der Waals surface area (Å²) in [7, 11) is 0. The van der Waals surface area contributed by atoms with E-state index in [4.69, 9.17) is 4.74 Å². The fourth-order valence-electron chi connectivity index (χ4n) is 1.72. The van der Waals surface area contributed by atoms with Crippen molar-refractivity contribution in [1.29, 1.82) is 0 Å². The number of nitrogens with zero attached hydrogens (tertiary/aromatic N) is 1. The van der Waals surface area contributed by atoms with E-state index in [2.05, 4.69) is 25.7 Å². The zero-order chi connectivity index (χ0) is 13.8. The van der Waals surface area contributed by atoms with Gasteiger partial charge >= 0.3 is 5.97 Å². The van der Waals surface area contributed by atoms with Crippen molar-refractivity contribution in [2.75, 3.05) is 19.7 Å². The average molecular weight is 255 g/mol. The van der Waals surface area contributed by atoms with Crippen LogP contribution in [-0.4, -0.2) is 30.6 Å². The van der Waals surface area contributed by atoms with Crippen molar-refractivity contribution < 1.29 is 9.53 Å². The molecule has 106 valence electrons. The second-order valence-electron chi connectivity index (χ2n) is 4.58. The number of rotatable bonds is 10. The van der Waals surface area contributed by atoms with E-state index in [1.54, 1.807) is 0 Å². The van der Waals surface area contributed by atoms with Gasteiger partial charge in [-0.25, -0.2) is 4.79 Å². The minimum Gasteiger partial charge on any atom is -0.462 e. The van der Waals surface area contributed by atoms with Gasteiger partial charge in [0.05, 0.1) is 6.61 Å². The van der Waals surface area contributed by atoms with Gasteiger partial charge in [-0.15, -0.1) is 0 Å². The Kier molecular flexibility index (Phi) is 10.5. The lowest BCUT2D eigenvalue weighted by atomic mass is 10.2. The molecule has 0 heterocycles. The van der Waals surface area contributed by atoms with E-state index in [1.165, 1.54) is 19.3 Å². The summed E-state index contributed by atoms with van der Waals surface area (Å²) in [5.41, 5.74) is 0.687. The average Bonchev–Trinajstić information content (AvgIpc) is 2.39. The zero-order valence-electron chi connectivity index (χ0n) is 12.5. The van der Waals surface area contributed by atoms with Crippen LogP contribution in [0, 0.1) is 0 Å². The molecule has 0 rings (SSSR count). The van der Waals surface area contributed by atoms with Crippen LogP contribution < -0.4 is 0 Å². The Labute approximate surface area is 112 Å². The minimum absolute atomic E-state index is 0.183. The lowest BCUT2D eigenvalue weighted by Gasteiger charge is -2.16. The third-order valence-electron chi connectivity index (χ3n) is 2.99. The Morgan fingerprint density at radius 3 is 2.22 bits per heavy atom. The van der Waals surface area contributed by atoms with Crippen LogP contribution in [0.2, 0.25) is 0 Å². The van der Waals surface area contributed by atoms with E-state index in [0.717, 1.165) is 25.9 Å². The van der Waals surface area contributed by atoms with Crippen molar-refractivity contribution in [3.05, 3.63) is 11.8 Å². The van der Waals surface area contributed by atoms with Crippen molar-refractivity contribution in [1.82, 2.24) is 4.90 Å². The molecule has 0 bridgehead atoms. The summed E-state index contributed by atoms with van der Waals surface area (Å²) in [6.07, 6.45) is 7.77. The molecule has 0 N–H and O–H groups in total. The molecule has 0 aromatic carbocycles. The van der Waals surface area contributed by atoms with E-state index in [0.29, 0.717) is 12.2 Å². The molecule has 0 atom stereocenters. The predicted molar refractivity (Wildman–Crippen MR) is 76.4 cm³/mol. The highest BCUT2D eigenvalue weighted by atomic mass is 16.5. The van der Waals surface area contributed by atoms with Gasteiger partial charge in [0.15, 0.2) is 0 Å². The first-order valence-corrected chi connectivity index (χ1v) is 7.25. The van der Waals surface area contributed by atoms with E-state index in [9.17, 15) is 4.79 Å². The summed E-state index contributed by atoms with van der Waals surface area (Å²) >= 11 is 0. The molecule has 18 heavy (non-hydrogen) atoms. The summed E-state index contributed by atoms with van der Waals surface area (Å²) in [6, 6.07) is 0. The number of ether oxygens (including phenoxy) is 1. The molecule has 3 heteroatoms. The molecule has 0 saturated carbocycles. The molecule has 0 amide bonds. The molecule has 0 aliphatic rings. The maximum atomic E-state index is 11.7. The quantitative estimate of drug-likeness (QED) is 0.338. The van der Waals surface area contributed by atoms with Gasteiger partial charge in [0.25, 0.3) is 0 Å². The van der Waals surface area contributed by atoms with Crippen molar-refractivity contribution >= 4 is 5.97 Å². The number of unbranched alkanes of at least 4 members (excludes halogenated alkanes) is 4. The van der Waals surface area contributed by atoms with Gasteiger partial charge in [0.2, 0.25) is 0 Å². The van der Waals surface area contributed by atoms with Gasteiger partial charge in [0, 0.05) is 24.9 Å². The van der Waals surface area contributed by atoms with Gasteiger partial charge in [0.1, 0.15) is 0 Å². The molecule has 0 aliphatic carbocycles. The highest BCUT2D eigenvalue weighted by Crippen LogP contribution is 2.05. The summed E-state index contributed by atoms with van der Waals surface area (Å²) in [5.74, 6) is -0.183. The first-order chi connectivity index (χ1) is 8.65. The predicted octanol–water partition coefficient (Wildman–Crippen LogP) is 3.75. The third-order valence-corrected chi connectivity index (χ3v) is 2.99. The maximum Gasteiger partial charge on any atom is 0.335 e. The van der Waals surface area contributed by atoms with Gasteiger partial charge in [-0.1, -0.05) is 32.6 Å². The molecule has 0 fully saturated rings. The summed E-state index contributed by atoms with van der Waals surface area (Å²) in [6.45, 7) is 10.5. The molecule has 0 aliphatic heterocycles. The Morgan fingerprint density at radius 1 is 1.06 bits per heavy atom. The fourth-order valence-corrected chi connectivity index (χ4v) is 1.72. The standard InChI is InChI=1S/C15H29NO2/c1-5-8-9-10-11-12-18-15(17)14(4)13-16(6-2)7-3/h13H,5-12H2,1-4H3/b14-13+. The van der Waals surface area contributed by atoms with Crippen molar-refractivity contribution in [2.24, 2.45) is 0 Å². The van der Waals surface area contributed by atoms with E-state index >= 15 is 0 Å². The highest BCUT2D eigenvalue weighted by molar-refractivity contribution is 5.87. The second kappa shape index (κ2) is 11.1. The van der Waals surface area contributed by atoms with Crippen LogP contribution in [0.1, 0.15) is 59.8 Å². The number of hydrogen-bond acceptors (Lipinski definition) is 3. The molecule has 0 aromatic rings. The highest BCUT2D eigenvalue weighted by Gasteiger charge is 2.06. The topological polar surface area (TPSA) is 29.5 Å². The molecule has 0 saturated heterocycles.